The van der Waals surface area contributed by atoms with Crippen molar-refractivity contribution in [2.24, 2.45) is 0 Å². The topological polar surface area (TPSA) is 12.5 Å². The number of epoxide rings is 1. The van der Waals surface area contributed by atoms with Crippen LogP contribution in [0.4, 0.5) is 0 Å². The molecule has 1 heterocycles. The molecule has 118 valence electrons. The summed E-state index contributed by atoms with van der Waals surface area (Å²) in [6.45, 7) is 6.05. The Balaban J connectivity index is 1.72. The van der Waals surface area contributed by atoms with Crippen molar-refractivity contribution >= 4 is 0 Å². The van der Waals surface area contributed by atoms with Crippen molar-refractivity contribution in [3.63, 3.8) is 0 Å². The minimum atomic E-state index is 0.591. The summed E-state index contributed by atoms with van der Waals surface area (Å²) in [5, 5.41) is 0. The Morgan fingerprint density at radius 1 is 0.750 bits per heavy atom. The summed E-state index contributed by atoms with van der Waals surface area (Å²) in [5.74, 6) is 0. The molecule has 1 aliphatic rings. The van der Waals surface area contributed by atoms with Crippen molar-refractivity contribution in [2.75, 3.05) is 0 Å². The van der Waals surface area contributed by atoms with Gasteiger partial charge in [0.1, 0.15) is 0 Å². The largest absolute Gasteiger partial charge is 0.370 e. The first-order valence-electron chi connectivity index (χ1n) is 9.14. The summed E-state index contributed by atoms with van der Waals surface area (Å²) >= 11 is 0. The second-order valence-electron chi connectivity index (χ2n) is 6.40. The van der Waals surface area contributed by atoms with E-state index in [1.807, 2.05) is 6.08 Å². The van der Waals surface area contributed by atoms with E-state index in [0.29, 0.717) is 12.2 Å². The van der Waals surface area contributed by atoms with Crippen LogP contribution in [0.3, 0.4) is 0 Å². The zero-order chi connectivity index (χ0) is 14.5. The van der Waals surface area contributed by atoms with Crippen molar-refractivity contribution in [1.82, 2.24) is 0 Å². The van der Waals surface area contributed by atoms with Gasteiger partial charge in [-0.25, -0.2) is 0 Å². The highest BCUT2D eigenvalue weighted by molar-refractivity contribution is 4.85. The van der Waals surface area contributed by atoms with Crippen LogP contribution in [0.1, 0.15) is 96.8 Å². The summed E-state index contributed by atoms with van der Waals surface area (Å²) in [6, 6.07) is 0. The number of hydrogen-bond acceptors (Lipinski definition) is 1. The van der Waals surface area contributed by atoms with Gasteiger partial charge in [-0.05, 0) is 25.7 Å². The molecule has 0 saturated carbocycles. The Bertz CT molecular complexity index is 224. The molecule has 1 aliphatic heterocycles. The minimum Gasteiger partial charge on any atom is -0.370 e. The van der Waals surface area contributed by atoms with Gasteiger partial charge in [0, 0.05) is 0 Å². The van der Waals surface area contributed by atoms with Crippen LogP contribution in [0.15, 0.2) is 12.7 Å². The molecule has 1 saturated heterocycles. The lowest BCUT2D eigenvalue weighted by Crippen LogP contribution is -1.94. The molecule has 0 aromatic carbocycles. The van der Waals surface area contributed by atoms with E-state index < -0.39 is 0 Å². The van der Waals surface area contributed by atoms with Crippen LogP contribution in [0, 0.1) is 0 Å². The standard InChI is InChI=1S/C19H36O/c1-3-5-7-8-9-10-11-12-13-15-17-19-18(20-19)16-14-6-4-2/h4,18-19H,2-3,5-17H2,1H3. The van der Waals surface area contributed by atoms with Crippen molar-refractivity contribution in [3.8, 4) is 0 Å². The van der Waals surface area contributed by atoms with Gasteiger partial charge < -0.3 is 4.74 Å². The lowest BCUT2D eigenvalue weighted by atomic mass is 10.0. The van der Waals surface area contributed by atoms with E-state index in [2.05, 4.69) is 13.5 Å². The maximum atomic E-state index is 5.71. The molecule has 1 heteroatoms. The van der Waals surface area contributed by atoms with Crippen molar-refractivity contribution in [1.29, 1.82) is 0 Å². The number of unbranched alkanes of at least 4 members (excludes halogenated alkanes) is 10. The van der Waals surface area contributed by atoms with Gasteiger partial charge in [-0.15, -0.1) is 6.58 Å². The second kappa shape index (κ2) is 12.4. The highest BCUT2D eigenvalue weighted by Crippen LogP contribution is 2.31. The molecule has 20 heavy (non-hydrogen) atoms. The molecule has 0 spiro atoms. The normalized spacial score (nSPS) is 21.1. The quantitative estimate of drug-likeness (QED) is 0.191. The Morgan fingerprint density at radius 3 is 1.80 bits per heavy atom. The number of hydrogen-bond donors (Lipinski definition) is 0. The number of rotatable bonds is 15. The van der Waals surface area contributed by atoms with E-state index in [1.54, 1.807) is 0 Å². The van der Waals surface area contributed by atoms with Crippen molar-refractivity contribution < 1.29 is 4.74 Å². The van der Waals surface area contributed by atoms with Crippen LogP contribution in [0.25, 0.3) is 0 Å². The van der Waals surface area contributed by atoms with Crippen LogP contribution in [-0.2, 0) is 4.74 Å². The monoisotopic (exact) mass is 280 g/mol. The van der Waals surface area contributed by atoms with Crippen LogP contribution in [-0.4, -0.2) is 12.2 Å². The van der Waals surface area contributed by atoms with E-state index in [4.69, 9.17) is 4.74 Å². The fraction of sp³-hybridized carbons (Fsp3) is 0.895. The molecule has 0 aromatic rings. The van der Waals surface area contributed by atoms with E-state index in [1.165, 1.54) is 83.5 Å². The first-order chi connectivity index (χ1) is 9.88. The summed E-state index contributed by atoms with van der Waals surface area (Å²) < 4.78 is 5.71. The minimum absolute atomic E-state index is 0.591. The maximum Gasteiger partial charge on any atom is 0.0842 e. The fourth-order valence-corrected chi connectivity index (χ4v) is 2.98. The van der Waals surface area contributed by atoms with Crippen molar-refractivity contribution in [3.05, 3.63) is 12.7 Å². The highest BCUT2D eigenvalue weighted by Gasteiger charge is 2.36. The zero-order valence-electron chi connectivity index (χ0n) is 13.7. The van der Waals surface area contributed by atoms with Gasteiger partial charge in [-0.2, -0.15) is 0 Å². The van der Waals surface area contributed by atoms with Crippen LogP contribution in [0.2, 0.25) is 0 Å². The molecule has 0 bridgehead atoms. The van der Waals surface area contributed by atoms with E-state index in [0.717, 1.165) is 6.42 Å². The third-order valence-corrected chi connectivity index (χ3v) is 4.43. The predicted molar refractivity (Wildman–Crippen MR) is 89.2 cm³/mol. The number of allylic oxidation sites excluding steroid dienone is 1. The molecule has 2 unspecified atom stereocenters. The third kappa shape index (κ3) is 9.58. The van der Waals surface area contributed by atoms with Gasteiger partial charge in [0.2, 0.25) is 0 Å². The SMILES string of the molecule is C=CCCCC1OC1CCCCCCCCCCCC. The van der Waals surface area contributed by atoms with Crippen LogP contribution in [0.5, 0.6) is 0 Å². The van der Waals surface area contributed by atoms with Gasteiger partial charge in [0.15, 0.2) is 0 Å². The maximum absolute atomic E-state index is 5.71. The zero-order valence-corrected chi connectivity index (χ0v) is 13.7. The number of ether oxygens (including phenoxy) is 1. The molecule has 0 aliphatic carbocycles. The first kappa shape index (κ1) is 17.8. The Morgan fingerprint density at radius 2 is 1.25 bits per heavy atom. The van der Waals surface area contributed by atoms with Gasteiger partial charge in [-0.3, -0.25) is 0 Å². The summed E-state index contributed by atoms with van der Waals surface area (Å²) in [4.78, 5) is 0. The van der Waals surface area contributed by atoms with Crippen LogP contribution < -0.4 is 0 Å². The Kier molecular flexibility index (Phi) is 11.0. The summed E-state index contributed by atoms with van der Waals surface area (Å²) in [5.41, 5.74) is 0. The average molecular weight is 280 g/mol. The second-order valence-corrected chi connectivity index (χ2v) is 6.40. The highest BCUT2D eigenvalue weighted by atomic mass is 16.6. The molecule has 2 atom stereocenters. The smallest absolute Gasteiger partial charge is 0.0842 e. The lowest BCUT2D eigenvalue weighted by Gasteiger charge is -2.01. The molecular weight excluding hydrogens is 244 g/mol. The van der Waals surface area contributed by atoms with E-state index >= 15 is 0 Å². The van der Waals surface area contributed by atoms with E-state index in [9.17, 15) is 0 Å². The molecular formula is C19H36O. The lowest BCUT2D eigenvalue weighted by molar-refractivity contribution is 0.349. The van der Waals surface area contributed by atoms with Gasteiger partial charge in [-0.1, -0.05) is 77.2 Å². The Hall–Kier alpha value is -0.300. The average Bonchev–Trinajstić information content (AvgIpc) is 3.20. The summed E-state index contributed by atoms with van der Waals surface area (Å²) in [7, 11) is 0. The molecule has 0 aromatic heterocycles. The molecule has 1 fully saturated rings. The molecule has 0 radical (unpaired) electrons. The van der Waals surface area contributed by atoms with Crippen molar-refractivity contribution in [2.45, 2.75) is 109 Å². The predicted octanol–water partition coefficient (Wildman–Crippen LogP) is 6.42. The molecule has 0 amide bonds. The molecule has 1 rings (SSSR count). The fourth-order valence-electron chi connectivity index (χ4n) is 2.98. The molecule has 0 N–H and O–H groups in total. The van der Waals surface area contributed by atoms with Gasteiger partial charge in [0.25, 0.3) is 0 Å². The van der Waals surface area contributed by atoms with Crippen LogP contribution >= 0.6 is 0 Å². The van der Waals surface area contributed by atoms with Gasteiger partial charge in [0.05, 0.1) is 12.2 Å². The Labute approximate surface area is 127 Å². The molecule has 1 nitrogen and oxygen atoms in total. The third-order valence-electron chi connectivity index (χ3n) is 4.43. The first-order valence-corrected chi connectivity index (χ1v) is 9.14. The summed E-state index contributed by atoms with van der Waals surface area (Å²) in [6.07, 6.45) is 22.4. The van der Waals surface area contributed by atoms with Gasteiger partial charge >= 0.3 is 0 Å². The van der Waals surface area contributed by atoms with E-state index in [-0.39, 0.29) is 0 Å².